The number of benzene rings is 1. The minimum absolute atomic E-state index is 0.0746. The fourth-order valence-corrected chi connectivity index (χ4v) is 3.20. The van der Waals surface area contributed by atoms with Gasteiger partial charge in [0.25, 0.3) is 0 Å². The molecule has 2 aliphatic rings. The van der Waals surface area contributed by atoms with E-state index in [4.69, 9.17) is 4.42 Å². The minimum Gasteiger partial charge on any atom is -0.419 e. The average molecular weight is 302 g/mol. The molecule has 2 fully saturated rings. The highest BCUT2D eigenvalue weighted by molar-refractivity contribution is 5.81. The molecule has 2 aromatic rings. The van der Waals surface area contributed by atoms with Crippen molar-refractivity contribution in [2.45, 2.75) is 6.54 Å². The Morgan fingerprint density at radius 3 is 3.09 bits per heavy atom. The van der Waals surface area contributed by atoms with Gasteiger partial charge >= 0.3 is 0 Å². The van der Waals surface area contributed by atoms with Gasteiger partial charge in [-0.15, -0.1) is 10.2 Å². The van der Waals surface area contributed by atoms with Crippen molar-refractivity contribution in [1.82, 2.24) is 20.4 Å². The molecule has 0 unspecified atom stereocenters. The number of carbonyl (C=O) groups is 1. The molecule has 22 heavy (non-hydrogen) atoms. The first-order chi connectivity index (χ1) is 10.7. The van der Waals surface area contributed by atoms with E-state index < -0.39 is 0 Å². The van der Waals surface area contributed by atoms with Crippen LogP contribution in [0.1, 0.15) is 5.89 Å². The first-order valence-electron chi connectivity index (χ1n) is 7.27. The highest BCUT2D eigenvalue weighted by Gasteiger charge is 2.42. The maximum absolute atomic E-state index is 13.2. The van der Waals surface area contributed by atoms with Gasteiger partial charge in [0.05, 0.1) is 12.5 Å². The quantitative estimate of drug-likeness (QED) is 0.918. The minimum atomic E-state index is -0.337. The van der Waals surface area contributed by atoms with Crippen LogP contribution in [0.2, 0.25) is 0 Å². The SMILES string of the molecule is O=C1NC[C@H]2CN(Cc3nnc(-c4cccc(F)c4)o3)C[C@@H]12. The van der Waals surface area contributed by atoms with Crippen molar-refractivity contribution in [3.8, 4) is 11.5 Å². The Morgan fingerprint density at radius 2 is 2.27 bits per heavy atom. The van der Waals surface area contributed by atoms with E-state index in [-0.39, 0.29) is 17.6 Å². The molecule has 0 radical (unpaired) electrons. The van der Waals surface area contributed by atoms with Crippen molar-refractivity contribution in [3.63, 3.8) is 0 Å². The van der Waals surface area contributed by atoms with Crippen LogP contribution in [0.5, 0.6) is 0 Å². The van der Waals surface area contributed by atoms with Crippen LogP contribution in [0.3, 0.4) is 0 Å². The molecule has 6 nitrogen and oxygen atoms in total. The van der Waals surface area contributed by atoms with Crippen LogP contribution >= 0.6 is 0 Å². The van der Waals surface area contributed by atoms with E-state index in [9.17, 15) is 9.18 Å². The second-order valence-electron chi connectivity index (χ2n) is 5.82. The van der Waals surface area contributed by atoms with Gasteiger partial charge < -0.3 is 9.73 Å². The van der Waals surface area contributed by atoms with Gasteiger partial charge in [-0.25, -0.2) is 4.39 Å². The number of rotatable bonds is 3. The molecular weight excluding hydrogens is 287 g/mol. The van der Waals surface area contributed by atoms with Crippen molar-refractivity contribution in [1.29, 1.82) is 0 Å². The fourth-order valence-electron chi connectivity index (χ4n) is 3.20. The molecule has 1 N–H and O–H groups in total. The lowest BCUT2D eigenvalue weighted by Gasteiger charge is -2.13. The van der Waals surface area contributed by atoms with Gasteiger partial charge in [-0.2, -0.15) is 0 Å². The zero-order valence-electron chi connectivity index (χ0n) is 11.8. The van der Waals surface area contributed by atoms with Crippen LogP contribution in [-0.4, -0.2) is 40.6 Å². The van der Waals surface area contributed by atoms with Crippen molar-refractivity contribution in [2.75, 3.05) is 19.6 Å². The van der Waals surface area contributed by atoms with Gasteiger partial charge in [-0.1, -0.05) is 6.07 Å². The summed E-state index contributed by atoms with van der Waals surface area (Å²) < 4.78 is 18.8. The van der Waals surface area contributed by atoms with Gasteiger partial charge in [0, 0.05) is 31.1 Å². The number of fused-ring (bicyclic) bond motifs is 1. The Bertz CT molecular complexity index is 717. The molecule has 0 spiro atoms. The summed E-state index contributed by atoms with van der Waals surface area (Å²) in [6, 6.07) is 6.07. The normalized spacial score (nSPS) is 24.5. The number of nitrogens with zero attached hydrogens (tertiary/aromatic N) is 3. The molecule has 3 heterocycles. The van der Waals surface area contributed by atoms with Crippen LogP contribution in [0.15, 0.2) is 28.7 Å². The van der Waals surface area contributed by atoms with Crippen LogP contribution in [0.4, 0.5) is 4.39 Å². The molecule has 0 saturated carbocycles. The third-order valence-corrected chi connectivity index (χ3v) is 4.29. The van der Waals surface area contributed by atoms with Crippen molar-refractivity contribution in [2.24, 2.45) is 11.8 Å². The lowest BCUT2D eigenvalue weighted by Crippen LogP contribution is -2.28. The number of halogens is 1. The maximum Gasteiger partial charge on any atom is 0.247 e. The summed E-state index contributed by atoms with van der Waals surface area (Å²) in [6.45, 7) is 2.83. The summed E-state index contributed by atoms with van der Waals surface area (Å²) in [4.78, 5) is 13.8. The zero-order chi connectivity index (χ0) is 15.1. The second-order valence-corrected chi connectivity index (χ2v) is 5.82. The lowest BCUT2D eigenvalue weighted by molar-refractivity contribution is -0.122. The number of hydrogen-bond donors (Lipinski definition) is 1. The van der Waals surface area contributed by atoms with Crippen LogP contribution in [0.25, 0.3) is 11.5 Å². The molecular formula is C15H15FN4O2. The van der Waals surface area contributed by atoms with Gasteiger partial charge in [0.15, 0.2) is 0 Å². The van der Waals surface area contributed by atoms with Gasteiger partial charge in [0.1, 0.15) is 5.82 Å². The summed E-state index contributed by atoms with van der Waals surface area (Å²) in [6.07, 6.45) is 0. The summed E-state index contributed by atoms with van der Waals surface area (Å²) in [7, 11) is 0. The second kappa shape index (κ2) is 5.17. The molecule has 2 aliphatic heterocycles. The summed E-state index contributed by atoms with van der Waals surface area (Å²) in [5.41, 5.74) is 0.566. The van der Waals surface area contributed by atoms with E-state index in [0.29, 0.717) is 36.4 Å². The molecule has 0 aliphatic carbocycles. The largest absolute Gasteiger partial charge is 0.419 e. The highest BCUT2D eigenvalue weighted by atomic mass is 19.1. The van der Waals surface area contributed by atoms with E-state index in [1.165, 1.54) is 12.1 Å². The van der Waals surface area contributed by atoms with Crippen LogP contribution in [-0.2, 0) is 11.3 Å². The van der Waals surface area contributed by atoms with Crippen LogP contribution < -0.4 is 5.32 Å². The molecule has 0 bridgehead atoms. The number of carbonyl (C=O) groups excluding carboxylic acids is 1. The molecule has 7 heteroatoms. The molecule has 1 aromatic carbocycles. The highest BCUT2D eigenvalue weighted by Crippen LogP contribution is 2.28. The Labute approximate surface area is 126 Å². The molecule has 114 valence electrons. The first-order valence-corrected chi connectivity index (χ1v) is 7.27. The average Bonchev–Trinajstić information content (AvgIpc) is 3.18. The predicted molar refractivity (Wildman–Crippen MR) is 75.0 cm³/mol. The number of aromatic nitrogens is 2. The number of hydrogen-bond acceptors (Lipinski definition) is 5. The number of amides is 1. The van der Waals surface area contributed by atoms with Gasteiger partial charge in [0.2, 0.25) is 17.7 Å². The van der Waals surface area contributed by atoms with Gasteiger partial charge in [-0.3, -0.25) is 9.69 Å². The third-order valence-electron chi connectivity index (χ3n) is 4.29. The van der Waals surface area contributed by atoms with Gasteiger partial charge in [-0.05, 0) is 18.2 Å². The van der Waals surface area contributed by atoms with E-state index in [1.54, 1.807) is 12.1 Å². The van der Waals surface area contributed by atoms with E-state index >= 15 is 0 Å². The zero-order valence-corrected chi connectivity index (χ0v) is 11.8. The molecule has 1 amide bonds. The van der Waals surface area contributed by atoms with E-state index in [2.05, 4.69) is 20.4 Å². The van der Waals surface area contributed by atoms with E-state index in [0.717, 1.165) is 13.1 Å². The maximum atomic E-state index is 13.2. The molecule has 2 atom stereocenters. The smallest absolute Gasteiger partial charge is 0.247 e. The molecule has 4 rings (SSSR count). The van der Waals surface area contributed by atoms with Crippen molar-refractivity contribution >= 4 is 5.91 Å². The number of nitrogens with one attached hydrogen (secondary N) is 1. The third kappa shape index (κ3) is 2.37. The monoisotopic (exact) mass is 302 g/mol. The van der Waals surface area contributed by atoms with Crippen molar-refractivity contribution in [3.05, 3.63) is 36.0 Å². The topological polar surface area (TPSA) is 71.3 Å². The summed E-state index contributed by atoms with van der Waals surface area (Å²) in [5, 5.41) is 10.9. The summed E-state index contributed by atoms with van der Waals surface area (Å²) >= 11 is 0. The Morgan fingerprint density at radius 1 is 1.36 bits per heavy atom. The van der Waals surface area contributed by atoms with E-state index in [1.807, 2.05) is 0 Å². The Balaban J connectivity index is 1.46. The van der Waals surface area contributed by atoms with Crippen LogP contribution in [0, 0.1) is 17.7 Å². The standard InChI is InChI=1S/C15H15FN4O2/c16-11-3-1-2-9(4-11)15-19-18-13(22-15)8-20-6-10-5-17-14(21)12(10)7-20/h1-4,10,12H,5-8H2,(H,17,21)/t10-,12+/m0/s1. The fraction of sp³-hybridized carbons (Fsp3) is 0.400. The Kier molecular flexibility index (Phi) is 3.15. The summed E-state index contributed by atoms with van der Waals surface area (Å²) in [5.74, 6) is 1.05. The first kappa shape index (κ1) is 13.4. The Hall–Kier alpha value is -2.28. The predicted octanol–water partition coefficient (Wildman–Crippen LogP) is 1.05. The molecule has 1 aromatic heterocycles. The number of likely N-dealkylation sites (tertiary alicyclic amines) is 1. The van der Waals surface area contributed by atoms with Crippen molar-refractivity contribution < 1.29 is 13.6 Å². The molecule has 2 saturated heterocycles. The lowest BCUT2D eigenvalue weighted by atomic mass is 10.0.